The van der Waals surface area contributed by atoms with E-state index in [9.17, 15) is 9.90 Å². The molecule has 4 heteroatoms. The molecule has 0 aliphatic carbocycles. The lowest BCUT2D eigenvalue weighted by molar-refractivity contribution is -0.136. The molecule has 4 rings (SSSR count). The van der Waals surface area contributed by atoms with Crippen LogP contribution in [0.15, 0.2) is 54.6 Å². The molecule has 29 heavy (non-hydrogen) atoms. The molecular weight excluding hydrogens is 382 g/mol. The van der Waals surface area contributed by atoms with Gasteiger partial charge in [0.05, 0.1) is 6.42 Å². The van der Waals surface area contributed by atoms with Crippen LogP contribution in [-0.4, -0.2) is 15.6 Å². The van der Waals surface area contributed by atoms with E-state index in [-0.39, 0.29) is 11.8 Å². The van der Waals surface area contributed by atoms with Crippen molar-refractivity contribution < 1.29 is 9.90 Å². The molecule has 1 aliphatic heterocycles. The van der Waals surface area contributed by atoms with Gasteiger partial charge < -0.3 is 9.67 Å². The molecule has 0 radical (unpaired) electrons. The van der Waals surface area contributed by atoms with Gasteiger partial charge >= 0.3 is 5.97 Å². The third-order valence-electron chi connectivity index (χ3n) is 5.22. The van der Waals surface area contributed by atoms with E-state index in [1.54, 1.807) is 0 Å². The highest BCUT2D eigenvalue weighted by Crippen LogP contribution is 2.47. The average Bonchev–Trinajstić information content (AvgIpc) is 3.15. The lowest BCUT2D eigenvalue weighted by Crippen LogP contribution is -2.15. The largest absolute Gasteiger partial charge is 0.481 e. The van der Waals surface area contributed by atoms with Gasteiger partial charge in [0.2, 0.25) is 0 Å². The third-order valence-corrected chi connectivity index (χ3v) is 5.48. The van der Waals surface area contributed by atoms with E-state index in [1.807, 2.05) is 56.3 Å². The number of aromatic nitrogens is 1. The predicted molar refractivity (Wildman–Crippen MR) is 120 cm³/mol. The molecule has 3 nitrogen and oxygen atoms in total. The molecule has 0 amide bonds. The van der Waals surface area contributed by atoms with Crippen LogP contribution in [0.4, 0.5) is 0 Å². The lowest BCUT2D eigenvalue weighted by Gasteiger charge is -2.18. The predicted octanol–water partition coefficient (Wildman–Crippen LogP) is 6.71. The Kier molecular flexibility index (Phi) is 6.18. The highest BCUT2D eigenvalue weighted by molar-refractivity contribution is 6.30. The second-order valence-electron chi connectivity index (χ2n) is 8.01. The summed E-state index contributed by atoms with van der Waals surface area (Å²) < 4.78 is 2.24. The van der Waals surface area contributed by atoms with Crippen molar-refractivity contribution in [2.45, 2.75) is 47.1 Å². The maximum absolute atomic E-state index is 11.7. The Balaban J connectivity index is 0.00000117. The van der Waals surface area contributed by atoms with Gasteiger partial charge in [-0.05, 0) is 35.1 Å². The SMILES string of the molecule is CC.CC1(C)Cc2c(-c3ccccc3)c(-c3ccc(Cl)cc3)c(CC(=O)O)n2C1. The Morgan fingerprint density at radius 1 is 1.00 bits per heavy atom. The Bertz CT molecular complexity index is 1000. The first-order chi connectivity index (χ1) is 13.9. The topological polar surface area (TPSA) is 42.2 Å². The van der Waals surface area contributed by atoms with Crippen molar-refractivity contribution in [2.24, 2.45) is 5.41 Å². The summed E-state index contributed by atoms with van der Waals surface area (Å²) >= 11 is 6.09. The summed E-state index contributed by atoms with van der Waals surface area (Å²) in [5.74, 6) is -0.810. The lowest BCUT2D eigenvalue weighted by atomic mass is 9.86. The highest BCUT2D eigenvalue weighted by atomic mass is 35.5. The molecular formula is C25H28ClNO2. The monoisotopic (exact) mass is 409 g/mol. The molecule has 1 aromatic heterocycles. The van der Waals surface area contributed by atoms with Crippen molar-refractivity contribution in [3.05, 3.63) is 71.0 Å². The van der Waals surface area contributed by atoms with Gasteiger partial charge in [-0.15, -0.1) is 0 Å². The molecule has 0 fully saturated rings. The summed E-state index contributed by atoms with van der Waals surface area (Å²) in [6.45, 7) is 9.31. The summed E-state index contributed by atoms with van der Waals surface area (Å²) in [5, 5.41) is 10.3. The van der Waals surface area contributed by atoms with Gasteiger partial charge in [0.15, 0.2) is 0 Å². The normalized spacial score (nSPS) is 14.1. The minimum atomic E-state index is -0.810. The average molecular weight is 410 g/mol. The number of hydrogen-bond donors (Lipinski definition) is 1. The summed E-state index contributed by atoms with van der Waals surface area (Å²) in [5.41, 5.74) is 6.53. The van der Waals surface area contributed by atoms with E-state index in [2.05, 4.69) is 30.5 Å². The van der Waals surface area contributed by atoms with Gasteiger partial charge in [-0.1, -0.05) is 81.8 Å². The minimum Gasteiger partial charge on any atom is -0.481 e. The van der Waals surface area contributed by atoms with Crippen LogP contribution in [-0.2, 0) is 24.2 Å². The summed E-state index contributed by atoms with van der Waals surface area (Å²) in [4.78, 5) is 11.7. The Hall–Kier alpha value is -2.52. The van der Waals surface area contributed by atoms with Gasteiger partial charge in [0, 0.05) is 34.1 Å². The molecule has 0 atom stereocenters. The van der Waals surface area contributed by atoms with Crippen molar-refractivity contribution >= 4 is 17.6 Å². The number of carbonyl (C=O) groups is 1. The van der Waals surface area contributed by atoms with Crippen LogP contribution in [0, 0.1) is 5.41 Å². The fourth-order valence-corrected chi connectivity index (χ4v) is 4.33. The van der Waals surface area contributed by atoms with E-state index < -0.39 is 5.97 Å². The Morgan fingerprint density at radius 2 is 1.59 bits per heavy atom. The molecule has 0 saturated heterocycles. The van der Waals surface area contributed by atoms with Crippen LogP contribution >= 0.6 is 11.6 Å². The van der Waals surface area contributed by atoms with E-state index in [1.165, 1.54) is 5.69 Å². The fourth-order valence-electron chi connectivity index (χ4n) is 4.20. The molecule has 0 unspecified atom stereocenters. The Labute approximate surface area is 178 Å². The molecule has 1 N–H and O–H groups in total. The van der Waals surface area contributed by atoms with Crippen LogP contribution in [0.3, 0.4) is 0 Å². The molecule has 1 aliphatic rings. The van der Waals surface area contributed by atoms with Crippen molar-refractivity contribution in [3.63, 3.8) is 0 Å². The standard InChI is InChI=1S/C23H22ClNO2.C2H6/c1-23(2)13-19-22(15-6-4-3-5-7-15)21(16-8-10-17(24)11-9-16)18(12-20(26)27)25(19)14-23;1-2/h3-11H,12-14H2,1-2H3,(H,26,27);1-2H3. The highest BCUT2D eigenvalue weighted by Gasteiger charge is 2.36. The molecule has 0 spiro atoms. The third kappa shape index (κ3) is 4.25. The van der Waals surface area contributed by atoms with Crippen LogP contribution in [0.1, 0.15) is 39.1 Å². The smallest absolute Gasteiger partial charge is 0.309 e. The number of fused-ring (bicyclic) bond motifs is 1. The molecule has 152 valence electrons. The zero-order valence-corrected chi connectivity index (χ0v) is 18.3. The van der Waals surface area contributed by atoms with Crippen molar-refractivity contribution in [2.75, 3.05) is 0 Å². The fraction of sp³-hybridized carbons (Fsp3) is 0.320. The zero-order valence-electron chi connectivity index (χ0n) is 17.5. The number of carboxylic acids is 1. The second-order valence-corrected chi connectivity index (χ2v) is 8.45. The minimum absolute atomic E-state index is 0.00781. The number of rotatable bonds is 4. The quantitative estimate of drug-likeness (QED) is 0.520. The number of carboxylic acid groups (broad SMARTS) is 1. The van der Waals surface area contributed by atoms with E-state index in [0.29, 0.717) is 5.02 Å². The molecule has 0 bridgehead atoms. The number of nitrogens with zero attached hydrogens (tertiary/aromatic N) is 1. The van der Waals surface area contributed by atoms with Crippen LogP contribution in [0.2, 0.25) is 5.02 Å². The number of aliphatic carboxylic acids is 1. The van der Waals surface area contributed by atoms with Crippen molar-refractivity contribution in [1.82, 2.24) is 4.57 Å². The van der Waals surface area contributed by atoms with Gasteiger partial charge in [-0.2, -0.15) is 0 Å². The first-order valence-corrected chi connectivity index (χ1v) is 10.5. The van der Waals surface area contributed by atoms with E-state index in [4.69, 9.17) is 11.6 Å². The van der Waals surface area contributed by atoms with Crippen molar-refractivity contribution in [1.29, 1.82) is 0 Å². The van der Waals surface area contributed by atoms with Gasteiger partial charge in [-0.3, -0.25) is 4.79 Å². The van der Waals surface area contributed by atoms with Gasteiger partial charge in [-0.25, -0.2) is 0 Å². The maximum Gasteiger partial charge on any atom is 0.309 e. The van der Waals surface area contributed by atoms with E-state index in [0.717, 1.165) is 40.9 Å². The van der Waals surface area contributed by atoms with Crippen LogP contribution in [0.25, 0.3) is 22.3 Å². The first-order valence-electron chi connectivity index (χ1n) is 10.1. The first kappa shape index (κ1) is 21.2. The maximum atomic E-state index is 11.7. The molecule has 2 aromatic carbocycles. The van der Waals surface area contributed by atoms with Gasteiger partial charge in [0.1, 0.15) is 0 Å². The van der Waals surface area contributed by atoms with Crippen LogP contribution < -0.4 is 0 Å². The van der Waals surface area contributed by atoms with Crippen LogP contribution in [0.5, 0.6) is 0 Å². The summed E-state index contributed by atoms with van der Waals surface area (Å²) in [6, 6.07) is 18.0. The van der Waals surface area contributed by atoms with E-state index >= 15 is 0 Å². The Morgan fingerprint density at radius 3 is 2.17 bits per heavy atom. The number of halogens is 1. The molecule has 3 aromatic rings. The number of hydrogen-bond acceptors (Lipinski definition) is 1. The second kappa shape index (κ2) is 8.46. The molecule has 0 saturated carbocycles. The summed E-state index contributed by atoms with van der Waals surface area (Å²) in [7, 11) is 0. The zero-order chi connectivity index (χ0) is 21.2. The van der Waals surface area contributed by atoms with Crippen molar-refractivity contribution in [3.8, 4) is 22.3 Å². The summed E-state index contributed by atoms with van der Waals surface area (Å²) in [6.07, 6.45) is 0.936. The number of benzene rings is 2. The van der Waals surface area contributed by atoms with Gasteiger partial charge in [0.25, 0.3) is 0 Å². The molecule has 2 heterocycles.